The van der Waals surface area contributed by atoms with Crippen LogP contribution in [0.5, 0.6) is 5.75 Å². The zero-order chi connectivity index (χ0) is 13.1. The first-order valence-corrected chi connectivity index (χ1v) is 6.19. The number of hydrogen-bond acceptors (Lipinski definition) is 3. The van der Waals surface area contributed by atoms with Crippen LogP contribution < -0.4 is 4.74 Å². The van der Waals surface area contributed by atoms with E-state index in [-0.39, 0.29) is 5.91 Å². The Balaban J connectivity index is 1.95. The molecule has 1 unspecified atom stereocenters. The molecule has 1 aromatic rings. The first kappa shape index (κ1) is 12.9. The number of benzene rings is 1. The van der Waals surface area contributed by atoms with Crippen LogP contribution in [0.15, 0.2) is 24.3 Å². The van der Waals surface area contributed by atoms with Crippen LogP contribution in [0.1, 0.15) is 23.2 Å². The van der Waals surface area contributed by atoms with Crippen molar-refractivity contribution in [1.29, 1.82) is 0 Å². The number of rotatable bonds is 5. The van der Waals surface area contributed by atoms with Crippen molar-refractivity contribution in [1.82, 2.24) is 4.90 Å². The van der Waals surface area contributed by atoms with Gasteiger partial charge in [-0.15, -0.1) is 0 Å². The Kier molecular flexibility index (Phi) is 3.87. The van der Waals surface area contributed by atoms with Crippen LogP contribution in [0.2, 0.25) is 0 Å². The Bertz CT molecular complexity index is 412. The molecule has 1 aromatic carbocycles. The van der Waals surface area contributed by atoms with Gasteiger partial charge in [0, 0.05) is 19.2 Å². The summed E-state index contributed by atoms with van der Waals surface area (Å²) in [4.78, 5) is 13.7. The van der Waals surface area contributed by atoms with Gasteiger partial charge in [-0.3, -0.25) is 4.79 Å². The van der Waals surface area contributed by atoms with Gasteiger partial charge in [0.15, 0.2) is 0 Å². The molecule has 98 valence electrons. The molecule has 4 heteroatoms. The van der Waals surface area contributed by atoms with Crippen LogP contribution >= 0.6 is 0 Å². The van der Waals surface area contributed by atoms with E-state index in [0.717, 1.165) is 18.6 Å². The molecule has 1 amide bonds. The molecule has 0 saturated heterocycles. The topological polar surface area (TPSA) is 49.8 Å². The van der Waals surface area contributed by atoms with Crippen molar-refractivity contribution in [2.75, 3.05) is 20.7 Å². The van der Waals surface area contributed by atoms with Gasteiger partial charge in [-0.1, -0.05) is 0 Å². The normalized spacial score (nSPS) is 16.2. The highest BCUT2D eigenvalue weighted by atomic mass is 16.5. The maximum Gasteiger partial charge on any atom is 0.253 e. The smallest absolute Gasteiger partial charge is 0.253 e. The van der Waals surface area contributed by atoms with Gasteiger partial charge in [0.1, 0.15) is 5.75 Å². The number of carbonyl (C=O) groups is 1. The fraction of sp³-hybridized carbons (Fsp3) is 0.500. The Morgan fingerprint density at radius 2 is 2.06 bits per heavy atom. The van der Waals surface area contributed by atoms with Crippen LogP contribution in [0.4, 0.5) is 0 Å². The molecule has 2 rings (SSSR count). The molecule has 4 nitrogen and oxygen atoms in total. The molecule has 1 atom stereocenters. The van der Waals surface area contributed by atoms with E-state index in [1.165, 1.54) is 0 Å². The summed E-state index contributed by atoms with van der Waals surface area (Å²) >= 11 is 0. The lowest BCUT2D eigenvalue weighted by Crippen LogP contribution is -2.35. The molecule has 1 aliphatic carbocycles. The number of aliphatic hydroxyl groups excluding tert-OH is 1. The predicted molar refractivity (Wildman–Crippen MR) is 68.7 cm³/mol. The van der Waals surface area contributed by atoms with Crippen molar-refractivity contribution in [2.45, 2.75) is 18.9 Å². The molecular weight excluding hydrogens is 230 g/mol. The molecule has 1 fully saturated rings. The molecular formula is C14H19NO3. The second-order valence-electron chi connectivity index (χ2n) is 4.82. The third-order valence-corrected chi connectivity index (χ3v) is 3.31. The first-order valence-electron chi connectivity index (χ1n) is 6.19. The van der Waals surface area contributed by atoms with Crippen molar-refractivity contribution in [3.05, 3.63) is 29.8 Å². The van der Waals surface area contributed by atoms with E-state index in [9.17, 15) is 9.90 Å². The van der Waals surface area contributed by atoms with E-state index in [0.29, 0.717) is 18.0 Å². The van der Waals surface area contributed by atoms with Gasteiger partial charge in [0.05, 0.1) is 13.2 Å². The van der Waals surface area contributed by atoms with Crippen LogP contribution in [-0.2, 0) is 0 Å². The average Bonchev–Trinajstić information content (AvgIpc) is 3.22. The van der Waals surface area contributed by atoms with E-state index < -0.39 is 6.10 Å². The summed E-state index contributed by atoms with van der Waals surface area (Å²) < 4.78 is 5.05. The average molecular weight is 249 g/mol. The van der Waals surface area contributed by atoms with Crippen molar-refractivity contribution in [3.8, 4) is 5.75 Å². The summed E-state index contributed by atoms with van der Waals surface area (Å²) in [5.41, 5.74) is 0.612. The molecule has 1 N–H and O–H groups in total. The molecule has 0 aromatic heterocycles. The SMILES string of the molecule is COc1ccc(C(=O)N(C)CC(O)C2CC2)cc1. The molecule has 18 heavy (non-hydrogen) atoms. The monoisotopic (exact) mass is 249 g/mol. The number of amides is 1. The van der Waals surface area contributed by atoms with Gasteiger partial charge in [-0.05, 0) is 43.0 Å². The number of likely N-dealkylation sites (N-methyl/N-ethyl adjacent to an activating group) is 1. The van der Waals surface area contributed by atoms with Gasteiger partial charge >= 0.3 is 0 Å². The maximum absolute atomic E-state index is 12.1. The second kappa shape index (κ2) is 5.40. The minimum Gasteiger partial charge on any atom is -0.497 e. The highest BCUT2D eigenvalue weighted by molar-refractivity contribution is 5.94. The zero-order valence-corrected chi connectivity index (χ0v) is 10.8. The summed E-state index contributed by atoms with van der Waals surface area (Å²) in [7, 11) is 3.31. The van der Waals surface area contributed by atoms with Crippen molar-refractivity contribution in [3.63, 3.8) is 0 Å². The Morgan fingerprint density at radius 3 is 2.56 bits per heavy atom. The van der Waals surface area contributed by atoms with Gasteiger partial charge in [-0.25, -0.2) is 0 Å². The Labute approximate surface area is 107 Å². The summed E-state index contributed by atoms with van der Waals surface area (Å²) in [6.07, 6.45) is 1.76. The van der Waals surface area contributed by atoms with Crippen LogP contribution in [0, 0.1) is 5.92 Å². The van der Waals surface area contributed by atoms with Gasteiger partial charge in [-0.2, -0.15) is 0 Å². The lowest BCUT2D eigenvalue weighted by molar-refractivity contribution is 0.0645. The minimum absolute atomic E-state index is 0.0719. The van der Waals surface area contributed by atoms with Crippen molar-refractivity contribution in [2.24, 2.45) is 5.92 Å². The van der Waals surface area contributed by atoms with Crippen molar-refractivity contribution >= 4 is 5.91 Å². The van der Waals surface area contributed by atoms with Crippen LogP contribution in [0.3, 0.4) is 0 Å². The lowest BCUT2D eigenvalue weighted by atomic mass is 10.1. The number of carbonyl (C=O) groups excluding carboxylic acids is 1. The number of aliphatic hydroxyl groups is 1. The minimum atomic E-state index is -0.391. The van der Waals surface area contributed by atoms with Gasteiger partial charge in [0.25, 0.3) is 5.91 Å². The standard InChI is InChI=1S/C14H19NO3/c1-15(9-13(16)10-3-4-10)14(17)11-5-7-12(18-2)8-6-11/h5-8,10,13,16H,3-4,9H2,1-2H3. The Morgan fingerprint density at radius 1 is 1.44 bits per heavy atom. The second-order valence-corrected chi connectivity index (χ2v) is 4.82. The molecule has 1 aliphatic rings. The van der Waals surface area contributed by atoms with Gasteiger partial charge in [0.2, 0.25) is 0 Å². The van der Waals surface area contributed by atoms with E-state index in [1.54, 1.807) is 43.3 Å². The quantitative estimate of drug-likeness (QED) is 0.861. The molecule has 0 aliphatic heterocycles. The number of hydrogen-bond donors (Lipinski definition) is 1. The van der Waals surface area contributed by atoms with E-state index in [1.807, 2.05) is 0 Å². The van der Waals surface area contributed by atoms with E-state index in [2.05, 4.69) is 0 Å². The summed E-state index contributed by atoms with van der Waals surface area (Å²) in [6, 6.07) is 7.00. The number of methoxy groups -OCH3 is 1. The molecule has 0 spiro atoms. The molecule has 1 saturated carbocycles. The van der Waals surface area contributed by atoms with Crippen LogP contribution in [0.25, 0.3) is 0 Å². The fourth-order valence-electron chi connectivity index (χ4n) is 1.95. The predicted octanol–water partition coefficient (Wildman–Crippen LogP) is 1.54. The highest BCUT2D eigenvalue weighted by Gasteiger charge is 2.31. The molecule has 0 radical (unpaired) electrons. The number of ether oxygens (including phenoxy) is 1. The largest absolute Gasteiger partial charge is 0.497 e. The molecule has 0 heterocycles. The first-order chi connectivity index (χ1) is 8.61. The summed E-state index contributed by atoms with van der Waals surface area (Å²) in [5, 5.41) is 9.82. The summed E-state index contributed by atoms with van der Waals surface area (Å²) in [6.45, 7) is 0.398. The number of nitrogens with zero attached hydrogens (tertiary/aromatic N) is 1. The van der Waals surface area contributed by atoms with E-state index in [4.69, 9.17) is 4.74 Å². The molecule has 0 bridgehead atoms. The maximum atomic E-state index is 12.1. The zero-order valence-electron chi connectivity index (χ0n) is 10.8. The van der Waals surface area contributed by atoms with Crippen LogP contribution in [-0.4, -0.2) is 42.7 Å². The Hall–Kier alpha value is -1.55. The fourth-order valence-corrected chi connectivity index (χ4v) is 1.95. The van der Waals surface area contributed by atoms with Gasteiger partial charge < -0.3 is 14.7 Å². The highest BCUT2D eigenvalue weighted by Crippen LogP contribution is 2.32. The summed E-state index contributed by atoms with van der Waals surface area (Å²) in [5.74, 6) is 1.04. The lowest BCUT2D eigenvalue weighted by Gasteiger charge is -2.20. The third-order valence-electron chi connectivity index (χ3n) is 3.31. The van der Waals surface area contributed by atoms with Crippen molar-refractivity contribution < 1.29 is 14.6 Å². The van der Waals surface area contributed by atoms with E-state index >= 15 is 0 Å². The third kappa shape index (κ3) is 3.01.